The number of hydrogen-bond acceptors (Lipinski definition) is 3. The van der Waals surface area contributed by atoms with Gasteiger partial charge in [0.15, 0.2) is 0 Å². The fraction of sp³-hybridized carbons (Fsp3) is 0.368. The van der Waals surface area contributed by atoms with Crippen LogP contribution in [0.25, 0.3) is 0 Å². The number of rotatable bonds is 8. The topological polar surface area (TPSA) is 41.5 Å². The molecule has 0 aliphatic rings. The summed E-state index contributed by atoms with van der Waals surface area (Å²) in [6.45, 7) is 3.15. The maximum Gasteiger partial charge on any atom is 0.122 e. The van der Waals surface area contributed by atoms with E-state index in [4.69, 9.17) is 4.74 Å². The average molecular weight is 299 g/mol. The van der Waals surface area contributed by atoms with Gasteiger partial charge in [0.25, 0.3) is 0 Å². The van der Waals surface area contributed by atoms with Crippen molar-refractivity contribution >= 4 is 0 Å². The van der Waals surface area contributed by atoms with Crippen LogP contribution in [-0.4, -0.2) is 24.8 Å². The molecule has 3 heteroatoms. The van der Waals surface area contributed by atoms with E-state index in [1.54, 1.807) is 19.2 Å². The smallest absolute Gasteiger partial charge is 0.122 e. The number of aryl methyl sites for hydroxylation is 1. The quantitative estimate of drug-likeness (QED) is 0.783. The van der Waals surface area contributed by atoms with Gasteiger partial charge in [-0.1, -0.05) is 30.3 Å². The third-order valence-electron chi connectivity index (χ3n) is 3.88. The van der Waals surface area contributed by atoms with E-state index in [1.165, 1.54) is 11.1 Å². The Labute approximate surface area is 133 Å². The van der Waals surface area contributed by atoms with Gasteiger partial charge in [-0.25, -0.2) is 0 Å². The average Bonchev–Trinajstić information content (AvgIpc) is 2.55. The van der Waals surface area contributed by atoms with Gasteiger partial charge in [0, 0.05) is 6.04 Å². The zero-order valence-corrected chi connectivity index (χ0v) is 13.4. The molecule has 0 unspecified atom stereocenters. The first-order chi connectivity index (χ1) is 10.7. The Morgan fingerprint density at radius 2 is 1.77 bits per heavy atom. The molecular weight excluding hydrogens is 274 g/mol. The van der Waals surface area contributed by atoms with Crippen molar-refractivity contribution in [3.63, 3.8) is 0 Å². The molecule has 0 aromatic heterocycles. The minimum absolute atomic E-state index is 0.326. The number of phenols is 1. The third-order valence-corrected chi connectivity index (χ3v) is 3.88. The highest BCUT2D eigenvalue weighted by Crippen LogP contribution is 2.17. The molecule has 2 aromatic carbocycles. The molecule has 118 valence electrons. The summed E-state index contributed by atoms with van der Waals surface area (Å²) in [5.74, 6) is 1.28. The summed E-state index contributed by atoms with van der Waals surface area (Å²) in [7, 11) is 1.71. The Bertz CT molecular complexity index is 566. The van der Waals surface area contributed by atoms with Crippen LogP contribution in [-0.2, 0) is 12.8 Å². The van der Waals surface area contributed by atoms with Crippen LogP contribution < -0.4 is 10.1 Å². The van der Waals surface area contributed by atoms with Crippen molar-refractivity contribution in [3.8, 4) is 11.5 Å². The number of phenolic OH excluding ortho intramolecular Hbond substituents is 1. The number of benzene rings is 2. The summed E-state index contributed by atoms with van der Waals surface area (Å²) in [4.78, 5) is 0. The molecule has 0 fully saturated rings. The molecule has 0 aliphatic carbocycles. The van der Waals surface area contributed by atoms with E-state index in [-0.39, 0.29) is 0 Å². The number of hydrogen-bond donors (Lipinski definition) is 2. The summed E-state index contributed by atoms with van der Waals surface area (Å²) in [6.07, 6.45) is 3.06. The molecule has 2 rings (SSSR count). The van der Waals surface area contributed by atoms with Crippen molar-refractivity contribution in [2.24, 2.45) is 0 Å². The molecule has 0 amide bonds. The minimum Gasteiger partial charge on any atom is -0.508 e. The number of para-hydroxylation sites is 1. The molecule has 0 radical (unpaired) electrons. The molecule has 0 saturated carbocycles. The summed E-state index contributed by atoms with van der Waals surface area (Å²) < 4.78 is 5.37. The number of methoxy groups -OCH3 is 1. The highest BCUT2D eigenvalue weighted by Gasteiger charge is 2.05. The monoisotopic (exact) mass is 299 g/mol. The fourth-order valence-corrected chi connectivity index (χ4v) is 2.51. The van der Waals surface area contributed by atoms with Gasteiger partial charge >= 0.3 is 0 Å². The molecule has 2 N–H and O–H groups in total. The summed E-state index contributed by atoms with van der Waals surface area (Å²) in [5, 5.41) is 12.8. The van der Waals surface area contributed by atoms with Crippen LogP contribution in [0, 0.1) is 0 Å². The van der Waals surface area contributed by atoms with Crippen LogP contribution in [0.4, 0.5) is 0 Å². The molecule has 22 heavy (non-hydrogen) atoms. The minimum atomic E-state index is 0.326. The van der Waals surface area contributed by atoms with Gasteiger partial charge in [0.2, 0.25) is 0 Å². The maximum atomic E-state index is 9.28. The summed E-state index contributed by atoms with van der Waals surface area (Å²) >= 11 is 0. The van der Waals surface area contributed by atoms with E-state index in [2.05, 4.69) is 18.3 Å². The molecule has 0 saturated heterocycles. The first-order valence-electron chi connectivity index (χ1n) is 7.82. The van der Waals surface area contributed by atoms with Gasteiger partial charge in [-0.2, -0.15) is 0 Å². The molecule has 2 aromatic rings. The van der Waals surface area contributed by atoms with Gasteiger partial charge in [-0.15, -0.1) is 0 Å². The molecule has 3 nitrogen and oxygen atoms in total. The van der Waals surface area contributed by atoms with Crippen LogP contribution in [0.5, 0.6) is 11.5 Å². The van der Waals surface area contributed by atoms with Crippen LogP contribution in [0.1, 0.15) is 24.5 Å². The second kappa shape index (κ2) is 8.44. The highest BCUT2D eigenvalue weighted by molar-refractivity contribution is 5.33. The van der Waals surface area contributed by atoms with Gasteiger partial charge in [-0.3, -0.25) is 0 Å². The second-order valence-electron chi connectivity index (χ2n) is 5.62. The van der Waals surface area contributed by atoms with Crippen molar-refractivity contribution in [2.45, 2.75) is 32.2 Å². The Hall–Kier alpha value is -2.00. The lowest BCUT2D eigenvalue weighted by molar-refractivity contribution is 0.408. The first kappa shape index (κ1) is 16.4. The lowest BCUT2D eigenvalue weighted by atomic mass is 10.1. The zero-order chi connectivity index (χ0) is 15.8. The van der Waals surface area contributed by atoms with Crippen LogP contribution in [0.15, 0.2) is 48.5 Å². The molecular formula is C19H25NO2. The Morgan fingerprint density at radius 1 is 1.05 bits per heavy atom. The second-order valence-corrected chi connectivity index (χ2v) is 5.62. The Balaban J connectivity index is 1.71. The summed E-state index contributed by atoms with van der Waals surface area (Å²) in [6, 6.07) is 16.1. The lowest BCUT2D eigenvalue weighted by Gasteiger charge is -2.15. The highest BCUT2D eigenvalue weighted by atomic mass is 16.5. The largest absolute Gasteiger partial charge is 0.508 e. The Kier molecular flexibility index (Phi) is 6.28. The van der Waals surface area contributed by atoms with Crippen LogP contribution in [0.2, 0.25) is 0 Å². The van der Waals surface area contributed by atoms with E-state index >= 15 is 0 Å². The van der Waals surface area contributed by atoms with E-state index in [0.29, 0.717) is 11.8 Å². The van der Waals surface area contributed by atoms with E-state index in [9.17, 15) is 5.11 Å². The molecule has 0 spiro atoms. The molecule has 0 heterocycles. The van der Waals surface area contributed by atoms with Crippen molar-refractivity contribution in [1.82, 2.24) is 5.32 Å². The van der Waals surface area contributed by atoms with E-state index in [0.717, 1.165) is 31.6 Å². The lowest BCUT2D eigenvalue weighted by Crippen LogP contribution is -2.28. The van der Waals surface area contributed by atoms with Crippen molar-refractivity contribution < 1.29 is 9.84 Å². The van der Waals surface area contributed by atoms with Crippen molar-refractivity contribution in [1.29, 1.82) is 0 Å². The van der Waals surface area contributed by atoms with Gasteiger partial charge in [0.05, 0.1) is 7.11 Å². The van der Waals surface area contributed by atoms with E-state index in [1.807, 2.05) is 30.3 Å². The number of nitrogens with one attached hydrogen (secondary N) is 1. The number of ether oxygens (including phenoxy) is 1. The zero-order valence-electron chi connectivity index (χ0n) is 13.4. The van der Waals surface area contributed by atoms with Gasteiger partial charge in [-0.05, 0) is 62.1 Å². The van der Waals surface area contributed by atoms with Gasteiger partial charge in [0.1, 0.15) is 11.5 Å². The SMILES string of the molecule is COc1ccccc1CCN[C@@H](C)CCc1ccc(O)cc1. The predicted octanol–water partition coefficient (Wildman–Crippen LogP) is 3.55. The van der Waals surface area contributed by atoms with E-state index < -0.39 is 0 Å². The normalized spacial score (nSPS) is 12.1. The first-order valence-corrected chi connectivity index (χ1v) is 7.82. The van der Waals surface area contributed by atoms with Crippen molar-refractivity contribution in [2.75, 3.05) is 13.7 Å². The van der Waals surface area contributed by atoms with Gasteiger partial charge < -0.3 is 15.2 Å². The molecule has 0 aliphatic heterocycles. The number of aromatic hydroxyl groups is 1. The maximum absolute atomic E-state index is 9.28. The molecule has 0 bridgehead atoms. The molecule has 1 atom stereocenters. The predicted molar refractivity (Wildman–Crippen MR) is 90.6 cm³/mol. The third kappa shape index (κ3) is 5.08. The van der Waals surface area contributed by atoms with Crippen molar-refractivity contribution in [3.05, 3.63) is 59.7 Å². The Morgan fingerprint density at radius 3 is 2.50 bits per heavy atom. The fourth-order valence-electron chi connectivity index (χ4n) is 2.51. The van der Waals surface area contributed by atoms with Crippen LogP contribution in [0.3, 0.4) is 0 Å². The standard InChI is InChI=1S/C19H25NO2/c1-15(7-8-16-9-11-18(21)12-10-16)20-14-13-17-5-3-4-6-19(17)22-2/h3-6,9-12,15,20-21H,7-8,13-14H2,1-2H3/t15-/m0/s1. The summed E-state index contributed by atoms with van der Waals surface area (Å²) in [5.41, 5.74) is 2.50. The van der Waals surface area contributed by atoms with Crippen LogP contribution >= 0.6 is 0 Å².